The van der Waals surface area contributed by atoms with Crippen molar-refractivity contribution in [2.45, 2.75) is 45.2 Å². The molecule has 27 heavy (non-hydrogen) atoms. The van der Waals surface area contributed by atoms with Crippen LogP contribution in [0, 0.1) is 0 Å². The largest absolute Gasteiger partial charge is 0.564 e. The van der Waals surface area contributed by atoms with Gasteiger partial charge in [0.05, 0.1) is 6.54 Å². The molecule has 1 atom stereocenters. The van der Waals surface area contributed by atoms with E-state index in [0.29, 0.717) is 25.4 Å². The molecule has 0 aliphatic rings. The molecule has 11 heteroatoms. The van der Waals surface area contributed by atoms with Gasteiger partial charge in [0.1, 0.15) is 12.6 Å². The number of carboxylic acids is 2. The van der Waals surface area contributed by atoms with Gasteiger partial charge in [-0.15, -0.1) is 0 Å². The van der Waals surface area contributed by atoms with Crippen LogP contribution in [0.25, 0.3) is 0 Å². The van der Waals surface area contributed by atoms with Crippen LogP contribution >= 0.6 is 0 Å². The summed E-state index contributed by atoms with van der Waals surface area (Å²) in [4.78, 5) is 45.5. The van der Waals surface area contributed by atoms with Crippen LogP contribution < -0.4 is 10.6 Å². The highest BCUT2D eigenvalue weighted by Gasteiger charge is 2.30. The summed E-state index contributed by atoms with van der Waals surface area (Å²) in [7, 11) is 0. The summed E-state index contributed by atoms with van der Waals surface area (Å²) in [5.41, 5.74) is 0. The minimum atomic E-state index is -1.28. The van der Waals surface area contributed by atoms with E-state index in [1.165, 1.54) is 0 Å². The summed E-state index contributed by atoms with van der Waals surface area (Å²) in [5, 5.41) is 30.7. The second-order valence-corrected chi connectivity index (χ2v) is 6.24. The van der Waals surface area contributed by atoms with Crippen LogP contribution in [0.2, 0.25) is 0 Å². The number of amides is 1. The SMILES string of the molecule is CC(C)NCCOC(=O)NCCCCC(C(=O)O)N(CC(=O)O)CC(=O)[OH2+]. The summed E-state index contributed by atoms with van der Waals surface area (Å²) in [5.74, 6) is -3.60. The third-order valence-electron chi connectivity index (χ3n) is 3.47. The predicted octanol–water partition coefficient (Wildman–Crippen LogP) is -1.03. The molecular weight excluding hydrogens is 362 g/mol. The number of carbonyl (C=O) groups excluding carboxylic acids is 2. The Bertz CT molecular complexity index is 482. The molecule has 0 aliphatic heterocycles. The number of alkyl carbamates (subject to hydrolysis) is 1. The van der Waals surface area contributed by atoms with Crippen molar-refractivity contribution in [2.24, 2.45) is 0 Å². The number of hydrogen-bond donors (Lipinski definition) is 4. The highest BCUT2D eigenvalue weighted by molar-refractivity contribution is 5.78. The molecule has 0 saturated heterocycles. The van der Waals surface area contributed by atoms with E-state index < -0.39 is 43.1 Å². The number of carbonyl (C=O) groups is 4. The van der Waals surface area contributed by atoms with Gasteiger partial charge in [0, 0.05) is 23.9 Å². The number of nitrogens with one attached hydrogen (secondary N) is 2. The topological polar surface area (TPSA) is 168 Å². The molecular formula is C16H30N3O8+. The van der Waals surface area contributed by atoms with Crippen LogP contribution in [-0.2, 0) is 19.1 Å². The molecule has 0 spiro atoms. The van der Waals surface area contributed by atoms with Crippen molar-refractivity contribution >= 4 is 24.0 Å². The maximum atomic E-state index is 11.5. The highest BCUT2D eigenvalue weighted by atomic mass is 16.5. The molecule has 0 aromatic rings. The highest BCUT2D eigenvalue weighted by Crippen LogP contribution is 2.09. The number of rotatable bonds is 15. The third-order valence-corrected chi connectivity index (χ3v) is 3.47. The summed E-state index contributed by atoms with van der Waals surface area (Å²) in [6.45, 7) is 3.79. The lowest BCUT2D eigenvalue weighted by atomic mass is 10.1. The average molecular weight is 392 g/mol. The number of aliphatic carboxylic acids is 2. The zero-order valence-electron chi connectivity index (χ0n) is 15.7. The Hall–Kier alpha value is -2.40. The van der Waals surface area contributed by atoms with E-state index in [9.17, 15) is 24.3 Å². The second-order valence-electron chi connectivity index (χ2n) is 6.24. The van der Waals surface area contributed by atoms with Gasteiger partial charge in [-0.05, 0) is 19.3 Å². The quantitative estimate of drug-likeness (QED) is 0.201. The van der Waals surface area contributed by atoms with E-state index in [1.807, 2.05) is 13.8 Å². The van der Waals surface area contributed by atoms with Crippen molar-refractivity contribution in [3.05, 3.63) is 0 Å². The Morgan fingerprint density at radius 1 is 1.07 bits per heavy atom. The number of nitrogens with zero attached hydrogens (tertiary/aromatic N) is 1. The number of ether oxygens (including phenoxy) is 1. The fourth-order valence-corrected chi connectivity index (χ4v) is 2.29. The molecule has 1 amide bonds. The van der Waals surface area contributed by atoms with Gasteiger partial charge in [-0.3, -0.25) is 14.5 Å². The van der Waals surface area contributed by atoms with Crippen LogP contribution in [0.3, 0.4) is 0 Å². The first kappa shape index (κ1) is 24.6. The summed E-state index contributed by atoms with van der Waals surface area (Å²) < 4.78 is 4.95. The molecule has 0 saturated carbocycles. The normalized spacial score (nSPS) is 12.0. The number of hydrogen-bond acceptors (Lipinski definition) is 7. The minimum absolute atomic E-state index is 0.0882. The molecule has 6 N–H and O–H groups in total. The molecule has 0 aliphatic carbocycles. The van der Waals surface area contributed by atoms with Crippen LogP contribution in [0.15, 0.2) is 0 Å². The fraction of sp³-hybridized carbons (Fsp3) is 0.750. The van der Waals surface area contributed by atoms with Crippen molar-refractivity contribution in [2.75, 3.05) is 32.8 Å². The van der Waals surface area contributed by atoms with Crippen molar-refractivity contribution in [1.82, 2.24) is 15.5 Å². The van der Waals surface area contributed by atoms with Crippen LogP contribution in [0.5, 0.6) is 0 Å². The number of unbranched alkanes of at least 4 members (excludes halogenated alkanes) is 1. The first-order valence-corrected chi connectivity index (χ1v) is 8.70. The zero-order chi connectivity index (χ0) is 20.8. The Morgan fingerprint density at radius 3 is 2.26 bits per heavy atom. The van der Waals surface area contributed by atoms with Crippen molar-refractivity contribution in [3.8, 4) is 0 Å². The monoisotopic (exact) mass is 392 g/mol. The van der Waals surface area contributed by atoms with Gasteiger partial charge in [0.25, 0.3) is 0 Å². The van der Waals surface area contributed by atoms with Gasteiger partial charge in [0.2, 0.25) is 0 Å². The van der Waals surface area contributed by atoms with E-state index in [-0.39, 0.29) is 19.6 Å². The molecule has 1 unspecified atom stereocenters. The second kappa shape index (κ2) is 13.8. The Kier molecular flexibility index (Phi) is 12.5. The smallest absolute Gasteiger partial charge is 0.530 e. The molecule has 0 heterocycles. The van der Waals surface area contributed by atoms with Crippen molar-refractivity contribution in [1.29, 1.82) is 0 Å². The minimum Gasteiger partial charge on any atom is -0.564 e. The van der Waals surface area contributed by atoms with Gasteiger partial charge >= 0.3 is 24.0 Å². The van der Waals surface area contributed by atoms with Crippen molar-refractivity contribution < 1.29 is 39.2 Å². The third kappa shape index (κ3) is 13.5. The predicted molar refractivity (Wildman–Crippen MR) is 95.6 cm³/mol. The first-order chi connectivity index (χ1) is 12.6. The van der Waals surface area contributed by atoms with Gasteiger partial charge in [-0.25, -0.2) is 4.79 Å². The lowest BCUT2D eigenvalue weighted by Crippen LogP contribution is -2.46. The summed E-state index contributed by atoms with van der Waals surface area (Å²) in [6, 6.07) is -0.894. The lowest BCUT2D eigenvalue weighted by Gasteiger charge is -2.24. The van der Waals surface area contributed by atoms with Crippen molar-refractivity contribution in [3.63, 3.8) is 0 Å². The summed E-state index contributed by atoms with van der Waals surface area (Å²) >= 11 is 0. The molecule has 0 bridgehead atoms. The maximum Gasteiger partial charge on any atom is 0.530 e. The van der Waals surface area contributed by atoms with Gasteiger partial charge in [-0.2, -0.15) is 0 Å². The van der Waals surface area contributed by atoms with Gasteiger partial charge in [0.15, 0.2) is 6.54 Å². The lowest BCUT2D eigenvalue weighted by molar-refractivity contribution is -0.149. The molecule has 156 valence electrons. The van der Waals surface area contributed by atoms with E-state index in [4.69, 9.17) is 14.9 Å². The Morgan fingerprint density at radius 2 is 1.74 bits per heavy atom. The Labute approximate surface area is 157 Å². The van der Waals surface area contributed by atoms with Gasteiger partial charge < -0.3 is 30.7 Å². The maximum absolute atomic E-state index is 11.5. The number of carboxylic acid groups (broad SMARTS) is 2. The van der Waals surface area contributed by atoms with E-state index in [2.05, 4.69) is 10.6 Å². The molecule has 0 rings (SSSR count). The molecule has 0 fully saturated rings. The zero-order valence-corrected chi connectivity index (χ0v) is 15.7. The standard InChI is InChI=1S/C16H29N3O8/c1-11(2)17-7-8-27-16(26)18-6-4-3-5-12(15(24)25)19(9-13(20)21)10-14(22)23/h11-12,17H,3-10H2,1-2H3,(H,18,26)(H,20,21)(H,22,23)(H,24,25)/p+1. The van der Waals surface area contributed by atoms with Crippen LogP contribution in [-0.4, -0.2) is 89.1 Å². The van der Waals surface area contributed by atoms with Crippen LogP contribution in [0.4, 0.5) is 4.79 Å². The van der Waals surface area contributed by atoms with E-state index in [0.717, 1.165) is 4.90 Å². The molecule has 0 aromatic carbocycles. The van der Waals surface area contributed by atoms with Crippen LogP contribution in [0.1, 0.15) is 33.1 Å². The van der Waals surface area contributed by atoms with E-state index >= 15 is 0 Å². The Balaban J connectivity index is 4.20. The molecule has 0 aromatic heterocycles. The first-order valence-electron chi connectivity index (χ1n) is 8.70. The summed E-state index contributed by atoms with van der Waals surface area (Å²) in [6.07, 6.45) is 0.362. The average Bonchev–Trinajstić information content (AvgIpc) is 2.52. The van der Waals surface area contributed by atoms with Gasteiger partial charge in [-0.1, -0.05) is 13.8 Å². The fourth-order valence-electron chi connectivity index (χ4n) is 2.29. The molecule has 11 nitrogen and oxygen atoms in total. The molecule has 0 radical (unpaired) electrons. The van der Waals surface area contributed by atoms with E-state index in [1.54, 1.807) is 0 Å².